The van der Waals surface area contributed by atoms with E-state index in [1.807, 2.05) is 55.5 Å². The Morgan fingerprint density at radius 3 is 2.56 bits per heavy atom. The number of methoxy groups -OCH3 is 2. The zero-order valence-corrected chi connectivity index (χ0v) is 19.4. The van der Waals surface area contributed by atoms with Crippen LogP contribution in [-0.2, 0) is 16.1 Å². The van der Waals surface area contributed by atoms with Gasteiger partial charge in [-0.15, -0.1) is 0 Å². The van der Waals surface area contributed by atoms with Crippen molar-refractivity contribution in [2.24, 2.45) is 0 Å². The van der Waals surface area contributed by atoms with Crippen LogP contribution in [0.15, 0.2) is 64.2 Å². The van der Waals surface area contributed by atoms with Gasteiger partial charge in [0.15, 0.2) is 5.69 Å². The summed E-state index contributed by atoms with van der Waals surface area (Å²) in [5, 5.41) is 0. The van der Waals surface area contributed by atoms with E-state index in [0.717, 1.165) is 11.1 Å². The van der Waals surface area contributed by atoms with Crippen LogP contribution in [0, 0.1) is 6.92 Å². The first-order valence-corrected chi connectivity index (χ1v) is 10.7. The van der Waals surface area contributed by atoms with Gasteiger partial charge in [0.1, 0.15) is 11.6 Å². The number of nitrogens with zero attached hydrogens (tertiary/aromatic N) is 2. The lowest BCUT2D eigenvalue weighted by molar-refractivity contribution is -0.114. The molecule has 0 bridgehead atoms. The molecular formula is C25H28N4O5. The Morgan fingerprint density at radius 1 is 1.15 bits per heavy atom. The molecule has 34 heavy (non-hydrogen) atoms. The van der Waals surface area contributed by atoms with Crippen LogP contribution in [0.3, 0.4) is 0 Å². The number of benzene rings is 2. The summed E-state index contributed by atoms with van der Waals surface area (Å²) in [7, 11) is 3.03. The van der Waals surface area contributed by atoms with Gasteiger partial charge in [0, 0.05) is 25.3 Å². The molecule has 0 aliphatic heterocycles. The summed E-state index contributed by atoms with van der Waals surface area (Å²) in [6, 6.07) is 14.8. The molecule has 1 heterocycles. The highest BCUT2D eigenvalue weighted by atomic mass is 16.5. The van der Waals surface area contributed by atoms with Crippen LogP contribution in [0.2, 0.25) is 0 Å². The Labute approximate surface area is 197 Å². The second kappa shape index (κ2) is 11.2. The topological polar surface area (TPSA) is 120 Å². The van der Waals surface area contributed by atoms with Crippen molar-refractivity contribution >= 4 is 23.5 Å². The van der Waals surface area contributed by atoms with Gasteiger partial charge in [-0.25, -0.2) is 4.79 Å². The molecule has 9 heteroatoms. The molecule has 0 aliphatic rings. The molecule has 9 nitrogen and oxygen atoms in total. The zero-order chi connectivity index (χ0) is 24.7. The van der Waals surface area contributed by atoms with Gasteiger partial charge >= 0.3 is 5.69 Å². The lowest BCUT2D eigenvalue weighted by Gasteiger charge is -2.23. The van der Waals surface area contributed by atoms with E-state index in [9.17, 15) is 14.4 Å². The summed E-state index contributed by atoms with van der Waals surface area (Å²) in [5.41, 5.74) is 7.28. The molecule has 0 saturated heterocycles. The van der Waals surface area contributed by atoms with Crippen LogP contribution in [0.1, 0.15) is 16.7 Å². The van der Waals surface area contributed by atoms with E-state index >= 15 is 0 Å². The van der Waals surface area contributed by atoms with E-state index in [1.165, 1.54) is 22.7 Å². The van der Waals surface area contributed by atoms with Crippen molar-refractivity contribution in [2.45, 2.75) is 13.5 Å². The summed E-state index contributed by atoms with van der Waals surface area (Å²) < 4.78 is 11.7. The van der Waals surface area contributed by atoms with Gasteiger partial charge in [-0.05, 0) is 30.7 Å². The van der Waals surface area contributed by atoms with Gasteiger partial charge in [-0.3, -0.25) is 24.0 Å². The molecule has 178 valence electrons. The Morgan fingerprint density at radius 2 is 1.88 bits per heavy atom. The van der Waals surface area contributed by atoms with Crippen LogP contribution >= 0.6 is 0 Å². The van der Waals surface area contributed by atoms with E-state index in [4.69, 9.17) is 15.2 Å². The summed E-state index contributed by atoms with van der Waals surface area (Å²) in [4.78, 5) is 42.0. The van der Waals surface area contributed by atoms with Crippen LogP contribution < -0.4 is 26.6 Å². The minimum absolute atomic E-state index is 0.0570. The lowest BCUT2D eigenvalue weighted by Crippen LogP contribution is -2.42. The smallest absolute Gasteiger partial charge is 0.330 e. The van der Waals surface area contributed by atoms with E-state index in [1.54, 1.807) is 13.2 Å². The first kappa shape index (κ1) is 24.5. The molecule has 0 radical (unpaired) electrons. The van der Waals surface area contributed by atoms with Crippen molar-refractivity contribution in [1.29, 1.82) is 0 Å². The maximum atomic E-state index is 13.2. The number of ether oxygens (including phenoxy) is 2. The molecule has 3 rings (SSSR count). The van der Waals surface area contributed by atoms with Gasteiger partial charge in [0.25, 0.3) is 11.5 Å². The molecule has 0 aliphatic carbocycles. The van der Waals surface area contributed by atoms with Gasteiger partial charge in [0.05, 0.1) is 20.3 Å². The largest absolute Gasteiger partial charge is 0.496 e. The zero-order valence-electron chi connectivity index (χ0n) is 19.4. The van der Waals surface area contributed by atoms with E-state index in [0.29, 0.717) is 11.3 Å². The molecule has 0 spiro atoms. The number of aromatic nitrogens is 2. The second-order valence-electron chi connectivity index (χ2n) is 7.63. The first-order valence-electron chi connectivity index (χ1n) is 10.7. The number of anilines is 2. The van der Waals surface area contributed by atoms with Crippen molar-refractivity contribution in [3.8, 4) is 5.75 Å². The average Bonchev–Trinajstić information content (AvgIpc) is 2.83. The lowest BCUT2D eigenvalue weighted by atomic mass is 10.1. The van der Waals surface area contributed by atoms with Crippen LogP contribution in [0.5, 0.6) is 5.75 Å². The quantitative estimate of drug-likeness (QED) is 0.469. The van der Waals surface area contributed by atoms with Gasteiger partial charge < -0.3 is 15.2 Å². The molecule has 0 saturated carbocycles. The van der Waals surface area contributed by atoms with Gasteiger partial charge in [-0.1, -0.05) is 42.0 Å². The number of nitrogen functional groups attached to an aromatic ring is 1. The molecule has 2 aromatic carbocycles. The molecule has 1 amide bonds. The summed E-state index contributed by atoms with van der Waals surface area (Å²) >= 11 is 0. The second-order valence-corrected chi connectivity index (χ2v) is 7.63. The molecule has 0 unspecified atom stereocenters. The predicted molar refractivity (Wildman–Crippen MR) is 132 cm³/mol. The number of carbonyl (C=O) groups excluding carboxylic acids is 1. The number of aryl methyl sites for hydroxylation is 1. The molecular weight excluding hydrogens is 436 g/mol. The monoisotopic (exact) mass is 464 g/mol. The predicted octanol–water partition coefficient (Wildman–Crippen LogP) is 2.18. The van der Waals surface area contributed by atoms with Crippen molar-refractivity contribution in [3.63, 3.8) is 0 Å². The van der Waals surface area contributed by atoms with Crippen LogP contribution in [0.25, 0.3) is 6.08 Å². The van der Waals surface area contributed by atoms with Crippen LogP contribution in [-0.4, -0.2) is 42.8 Å². The van der Waals surface area contributed by atoms with Crippen molar-refractivity contribution in [1.82, 2.24) is 9.55 Å². The third kappa shape index (κ3) is 5.62. The van der Waals surface area contributed by atoms with Gasteiger partial charge in [-0.2, -0.15) is 0 Å². The number of hydrogen-bond acceptors (Lipinski definition) is 6. The van der Waals surface area contributed by atoms with E-state index < -0.39 is 17.2 Å². The number of nitrogens with one attached hydrogen (secondary N) is 1. The third-order valence-electron chi connectivity index (χ3n) is 5.24. The summed E-state index contributed by atoms with van der Waals surface area (Å²) in [5.74, 6) is -0.00169. The fraction of sp³-hybridized carbons (Fsp3) is 0.240. The Hall–Kier alpha value is -4.11. The van der Waals surface area contributed by atoms with E-state index in [2.05, 4.69) is 4.98 Å². The summed E-state index contributed by atoms with van der Waals surface area (Å²) in [6.45, 7) is 2.28. The maximum Gasteiger partial charge on any atom is 0.330 e. The van der Waals surface area contributed by atoms with Crippen molar-refractivity contribution < 1.29 is 14.3 Å². The minimum atomic E-state index is -0.752. The van der Waals surface area contributed by atoms with E-state index in [-0.39, 0.29) is 31.2 Å². The minimum Gasteiger partial charge on any atom is -0.496 e. The van der Waals surface area contributed by atoms with Crippen molar-refractivity contribution in [2.75, 3.05) is 38.0 Å². The normalized spacial score (nSPS) is 11.0. The molecule has 3 N–H and O–H groups in total. The number of carbonyl (C=O) groups is 1. The standard InChI is InChI=1S/C25H28N4O5/c1-17-9-11-20(34-3)19(15-17)10-12-21(30)28(13-14-33-2)22-23(26)29(25(32)27-24(22)31)16-18-7-5-4-6-8-18/h4-12,15H,13-14,16,26H2,1-3H3,(H,27,31,32)/b12-10+. The third-order valence-corrected chi connectivity index (χ3v) is 5.24. The highest BCUT2D eigenvalue weighted by Gasteiger charge is 2.23. The number of hydrogen-bond donors (Lipinski definition) is 2. The SMILES string of the molecule is COCCN(C(=O)/C=C/c1cc(C)ccc1OC)c1c(N)n(Cc2ccccc2)c(=O)[nH]c1=O. The number of rotatable bonds is 9. The molecule has 0 fully saturated rings. The van der Waals surface area contributed by atoms with Gasteiger partial charge in [0.2, 0.25) is 0 Å². The highest BCUT2D eigenvalue weighted by Crippen LogP contribution is 2.22. The Kier molecular flexibility index (Phi) is 8.05. The fourth-order valence-corrected chi connectivity index (χ4v) is 3.51. The average molecular weight is 465 g/mol. The maximum absolute atomic E-state index is 13.2. The molecule has 1 aromatic heterocycles. The van der Waals surface area contributed by atoms with Crippen LogP contribution in [0.4, 0.5) is 11.5 Å². The number of aromatic amines is 1. The fourth-order valence-electron chi connectivity index (χ4n) is 3.51. The number of amides is 1. The Bertz CT molecular complexity index is 1290. The molecule has 0 atom stereocenters. The highest BCUT2D eigenvalue weighted by molar-refractivity contribution is 6.05. The summed E-state index contributed by atoms with van der Waals surface area (Å²) in [6.07, 6.45) is 2.94. The Balaban J connectivity index is 2.03. The molecule has 3 aromatic rings. The first-order chi connectivity index (χ1) is 16.3. The number of H-pyrrole nitrogens is 1. The van der Waals surface area contributed by atoms with Crippen molar-refractivity contribution in [3.05, 3.63) is 92.1 Å². The number of nitrogens with two attached hydrogens (primary N) is 1.